The van der Waals surface area contributed by atoms with Crippen molar-refractivity contribution >= 4 is 28.9 Å². The van der Waals surface area contributed by atoms with Crippen LogP contribution >= 0.6 is 11.6 Å². The summed E-state index contributed by atoms with van der Waals surface area (Å²) in [6.45, 7) is 0. The van der Waals surface area contributed by atoms with Crippen molar-refractivity contribution in [2.75, 3.05) is 5.32 Å². The molecule has 0 spiro atoms. The Morgan fingerprint density at radius 2 is 2.00 bits per heavy atom. The molecule has 1 saturated carbocycles. The lowest BCUT2D eigenvalue weighted by atomic mass is 9.82. The Morgan fingerprint density at radius 1 is 1.35 bits per heavy atom. The minimum Gasteiger partial charge on any atom is -0.319 e. The molecule has 0 aromatic heterocycles. The summed E-state index contributed by atoms with van der Waals surface area (Å²) < 4.78 is 0. The van der Waals surface area contributed by atoms with Crippen molar-refractivity contribution in [1.29, 1.82) is 0 Å². The molecule has 0 unspecified atom stereocenters. The normalized spacial score (nSPS) is 17.5. The van der Waals surface area contributed by atoms with Crippen LogP contribution in [0.5, 0.6) is 0 Å². The van der Waals surface area contributed by atoms with Gasteiger partial charge in [0, 0.05) is 11.1 Å². The fourth-order valence-electron chi connectivity index (χ4n) is 2.42. The first-order chi connectivity index (χ1) is 9.42. The summed E-state index contributed by atoms with van der Waals surface area (Å²) in [4.78, 5) is 22.7. The number of carbonyl (C=O) groups excluding carboxylic acids is 1. The Bertz CT molecular complexity index is 542. The summed E-state index contributed by atoms with van der Waals surface area (Å²) in [6.07, 6.45) is 4.02. The lowest BCUT2D eigenvalue weighted by Gasteiger charge is -2.31. The van der Waals surface area contributed by atoms with E-state index in [-0.39, 0.29) is 17.3 Å². The van der Waals surface area contributed by atoms with Gasteiger partial charge in [0.15, 0.2) is 0 Å². The third-order valence-corrected chi connectivity index (χ3v) is 3.84. The van der Waals surface area contributed by atoms with Gasteiger partial charge in [-0.25, -0.2) is 0 Å². The predicted molar refractivity (Wildman–Crippen MR) is 76.7 cm³/mol. The highest BCUT2D eigenvalue weighted by Gasteiger charge is 2.36. The number of halogens is 1. The van der Waals surface area contributed by atoms with Crippen LogP contribution in [0, 0.1) is 10.1 Å². The van der Waals surface area contributed by atoms with E-state index in [1.807, 2.05) is 0 Å². The van der Waals surface area contributed by atoms with Gasteiger partial charge in [-0.15, -0.1) is 0 Å². The molecule has 0 saturated heterocycles. The Morgan fingerprint density at radius 3 is 2.60 bits per heavy atom. The predicted octanol–water partition coefficient (Wildman–Crippen LogP) is 2.85. The Balaban J connectivity index is 2.23. The number of anilines is 1. The number of carbonyl (C=O) groups is 1. The highest BCUT2D eigenvalue weighted by Crippen LogP contribution is 2.31. The number of nitrogens with zero attached hydrogens (tertiary/aromatic N) is 1. The molecule has 1 aliphatic rings. The fraction of sp³-hybridized carbons (Fsp3) is 0.462. The van der Waals surface area contributed by atoms with Gasteiger partial charge < -0.3 is 11.1 Å². The fourth-order valence-corrected chi connectivity index (χ4v) is 2.60. The summed E-state index contributed by atoms with van der Waals surface area (Å²) in [7, 11) is 0. The standard InChI is InChI=1S/C13H16ClN3O3/c14-9-4-5-11(17(19)20)10(8-9)16-12(18)13(15)6-2-1-3-7-13/h4-5,8H,1-3,6-7,15H2,(H,16,18). The van der Waals surface area contributed by atoms with Gasteiger partial charge in [-0.1, -0.05) is 30.9 Å². The van der Waals surface area contributed by atoms with E-state index >= 15 is 0 Å². The number of amides is 1. The van der Waals surface area contributed by atoms with Gasteiger partial charge in [0.2, 0.25) is 5.91 Å². The maximum Gasteiger partial charge on any atom is 0.292 e. The van der Waals surface area contributed by atoms with Gasteiger partial charge >= 0.3 is 0 Å². The molecule has 1 aromatic rings. The van der Waals surface area contributed by atoms with E-state index in [1.54, 1.807) is 0 Å². The molecule has 20 heavy (non-hydrogen) atoms. The van der Waals surface area contributed by atoms with Crippen LogP contribution in [-0.4, -0.2) is 16.4 Å². The molecule has 0 aliphatic heterocycles. The van der Waals surface area contributed by atoms with E-state index in [4.69, 9.17) is 17.3 Å². The molecule has 1 aliphatic carbocycles. The Labute approximate surface area is 121 Å². The molecule has 108 valence electrons. The Hall–Kier alpha value is -1.66. The topological polar surface area (TPSA) is 98.3 Å². The molecule has 0 radical (unpaired) electrons. The lowest BCUT2D eigenvalue weighted by Crippen LogP contribution is -2.52. The molecule has 1 aromatic carbocycles. The number of rotatable bonds is 3. The molecule has 3 N–H and O–H groups in total. The highest BCUT2D eigenvalue weighted by molar-refractivity contribution is 6.31. The van der Waals surface area contributed by atoms with Gasteiger partial charge in [-0.3, -0.25) is 14.9 Å². The van der Waals surface area contributed by atoms with Crippen LogP contribution in [0.1, 0.15) is 32.1 Å². The number of hydrogen-bond acceptors (Lipinski definition) is 4. The van der Waals surface area contributed by atoms with Crippen molar-refractivity contribution in [3.05, 3.63) is 33.3 Å². The second-order valence-electron chi connectivity index (χ2n) is 5.09. The monoisotopic (exact) mass is 297 g/mol. The number of nitrogens with one attached hydrogen (secondary N) is 1. The van der Waals surface area contributed by atoms with Gasteiger partial charge in [-0.05, 0) is 25.0 Å². The van der Waals surface area contributed by atoms with Crippen molar-refractivity contribution in [2.45, 2.75) is 37.6 Å². The quantitative estimate of drug-likeness (QED) is 0.662. The minimum atomic E-state index is -0.950. The number of hydrogen-bond donors (Lipinski definition) is 2. The second kappa shape index (κ2) is 5.76. The molecule has 0 bridgehead atoms. The van der Waals surface area contributed by atoms with Crippen LogP contribution < -0.4 is 11.1 Å². The SMILES string of the molecule is NC1(C(=O)Nc2cc(Cl)ccc2[N+](=O)[O-])CCCCC1. The van der Waals surface area contributed by atoms with Crippen molar-refractivity contribution < 1.29 is 9.72 Å². The maximum atomic E-state index is 12.3. The highest BCUT2D eigenvalue weighted by atomic mass is 35.5. The number of nitrogens with two attached hydrogens (primary N) is 1. The third kappa shape index (κ3) is 3.08. The van der Waals surface area contributed by atoms with E-state index in [0.717, 1.165) is 19.3 Å². The number of nitro benzene ring substituents is 1. The van der Waals surface area contributed by atoms with Crippen molar-refractivity contribution in [3.63, 3.8) is 0 Å². The van der Waals surface area contributed by atoms with E-state index in [9.17, 15) is 14.9 Å². The minimum absolute atomic E-state index is 0.0860. The van der Waals surface area contributed by atoms with E-state index in [1.165, 1.54) is 18.2 Å². The first-order valence-corrected chi connectivity index (χ1v) is 6.84. The first-order valence-electron chi connectivity index (χ1n) is 6.47. The van der Waals surface area contributed by atoms with E-state index < -0.39 is 10.5 Å². The zero-order valence-corrected chi connectivity index (χ0v) is 11.7. The van der Waals surface area contributed by atoms with Crippen molar-refractivity contribution in [3.8, 4) is 0 Å². The molecular weight excluding hydrogens is 282 g/mol. The van der Waals surface area contributed by atoms with Gasteiger partial charge in [0.1, 0.15) is 5.69 Å². The molecule has 1 fully saturated rings. The first kappa shape index (κ1) is 14.7. The molecule has 1 amide bonds. The van der Waals surface area contributed by atoms with E-state index in [0.29, 0.717) is 17.9 Å². The second-order valence-corrected chi connectivity index (χ2v) is 5.53. The summed E-state index contributed by atoms with van der Waals surface area (Å²) in [5.74, 6) is -0.387. The Kier molecular flexibility index (Phi) is 4.25. The third-order valence-electron chi connectivity index (χ3n) is 3.60. The molecule has 2 rings (SSSR count). The summed E-state index contributed by atoms with van der Waals surface area (Å²) in [5, 5.41) is 13.8. The summed E-state index contributed by atoms with van der Waals surface area (Å²) in [6, 6.07) is 4.04. The largest absolute Gasteiger partial charge is 0.319 e. The molecule has 0 atom stereocenters. The van der Waals surface area contributed by atoms with Crippen molar-refractivity contribution in [2.24, 2.45) is 5.73 Å². The molecule has 0 heterocycles. The van der Waals surface area contributed by atoms with Gasteiger partial charge in [-0.2, -0.15) is 0 Å². The van der Waals surface area contributed by atoms with Gasteiger partial charge in [0.05, 0.1) is 10.5 Å². The van der Waals surface area contributed by atoms with Crippen LogP contribution in [0.2, 0.25) is 5.02 Å². The smallest absolute Gasteiger partial charge is 0.292 e. The number of benzene rings is 1. The zero-order chi connectivity index (χ0) is 14.8. The maximum absolute atomic E-state index is 12.3. The summed E-state index contributed by atoms with van der Waals surface area (Å²) >= 11 is 5.82. The van der Waals surface area contributed by atoms with Crippen LogP contribution in [0.4, 0.5) is 11.4 Å². The zero-order valence-electron chi connectivity index (χ0n) is 10.9. The molecule has 7 heteroatoms. The van der Waals surface area contributed by atoms with Crippen LogP contribution in [-0.2, 0) is 4.79 Å². The van der Waals surface area contributed by atoms with E-state index in [2.05, 4.69) is 5.32 Å². The van der Waals surface area contributed by atoms with Crippen molar-refractivity contribution in [1.82, 2.24) is 0 Å². The van der Waals surface area contributed by atoms with Crippen LogP contribution in [0.15, 0.2) is 18.2 Å². The summed E-state index contributed by atoms with van der Waals surface area (Å²) in [5.41, 5.74) is 5.04. The van der Waals surface area contributed by atoms with Gasteiger partial charge in [0.25, 0.3) is 5.69 Å². The average Bonchev–Trinajstić information content (AvgIpc) is 2.39. The molecule has 6 nitrogen and oxygen atoms in total. The van der Waals surface area contributed by atoms with Crippen LogP contribution in [0.3, 0.4) is 0 Å². The molecular formula is C13H16ClN3O3. The average molecular weight is 298 g/mol. The van der Waals surface area contributed by atoms with Crippen LogP contribution in [0.25, 0.3) is 0 Å². The number of nitro groups is 1. The lowest BCUT2D eigenvalue weighted by molar-refractivity contribution is -0.383.